The van der Waals surface area contributed by atoms with Crippen LogP contribution >= 0.6 is 0 Å². The Labute approximate surface area is 212 Å². The summed E-state index contributed by atoms with van der Waals surface area (Å²) in [5.41, 5.74) is 1.43. The summed E-state index contributed by atoms with van der Waals surface area (Å²) < 4.78 is 50.6. The van der Waals surface area contributed by atoms with Gasteiger partial charge in [-0.1, -0.05) is 30.3 Å². The van der Waals surface area contributed by atoms with Gasteiger partial charge in [0.1, 0.15) is 11.5 Å². The van der Waals surface area contributed by atoms with Crippen LogP contribution in [0.3, 0.4) is 0 Å². The van der Waals surface area contributed by atoms with Crippen molar-refractivity contribution in [3.8, 4) is 11.5 Å². The smallest absolute Gasteiger partial charge is 0.490 e. The van der Waals surface area contributed by atoms with Crippen molar-refractivity contribution in [2.24, 2.45) is 7.05 Å². The number of piperidine rings is 1. The maximum absolute atomic E-state index is 12.9. The number of aryl methyl sites for hydroxylation is 1. The van der Waals surface area contributed by atoms with E-state index in [1.807, 2.05) is 25.2 Å². The molecular weight excluding hydrogens is 485 g/mol. The Morgan fingerprint density at radius 2 is 1.92 bits per heavy atom. The highest BCUT2D eigenvalue weighted by molar-refractivity contribution is 5.41. The number of rotatable bonds is 8. The predicted octanol–water partition coefficient (Wildman–Crippen LogP) is 3.94. The zero-order valence-electron chi connectivity index (χ0n) is 20.4. The summed E-state index contributed by atoms with van der Waals surface area (Å²) in [6, 6.07) is 14.9. The van der Waals surface area contributed by atoms with Crippen molar-refractivity contribution in [3.05, 3.63) is 65.5 Å². The zero-order chi connectivity index (χ0) is 25.6. The van der Waals surface area contributed by atoms with Crippen molar-refractivity contribution in [1.82, 2.24) is 30.8 Å². The second kappa shape index (κ2) is 9.29. The molecule has 2 bridgehead atoms. The fraction of sp³-hybridized carbons (Fsp3) is 0.500. The van der Waals surface area contributed by atoms with Crippen molar-refractivity contribution in [2.45, 2.75) is 74.7 Å². The number of hydrogen-bond acceptors (Lipinski definition) is 7. The lowest BCUT2D eigenvalue weighted by molar-refractivity contribution is -0.274. The topological polar surface area (TPSA) is 86.1 Å². The molecule has 3 aromatic rings. The van der Waals surface area contributed by atoms with Gasteiger partial charge in [0.2, 0.25) is 0 Å². The minimum Gasteiger partial charge on any atom is -0.490 e. The molecule has 1 aromatic heterocycles. The summed E-state index contributed by atoms with van der Waals surface area (Å²) in [6.45, 7) is 0.346. The lowest BCUT2D eigenvalue weighted by atomic mass is 9.78. The highest BCUT2D eigenvalue weighted by atomic mass is 19.4. The number of fused-ring (bicyclic) bond motifs is 2. The minimum atomic E-state index is -4.75. The monoisotopic (exact) mass is 514 g/mol. The largest absolute Gasteiger partial charge is 0.573 e. The Bertz CT molecular complexity index is 1250. The van der Waals surface area contributed by atoms with Crippen molar-refractivity contribution in [3.63, 3.8) is 0 Å². The summed E-state index contributed by atoms with van der Waals surface area (Å²) in [6.07, 6.45) is -0.101. The molecule has 8 nitrogen and oxygen atoms in total. The first kappa shape index (κ1) is 24.2. The van der Waals surface area contributed by atoms with E-state index < -0.39 is 6.36 Å². The van der Waals surface area contributed by atoms with E-state index in [4.69, 9.17) is 4.74 Å². The van der Waals surface area contributed by atoms with Crippen LogP contribution in [0.25, 0.3) is 0 Å². The van der Waals surface area contributed by atoms with Gasteiger partial charge in [-0.25, -0.2) is 4.68 Å². The van der Waals surface area contributed by atoms with Crippen molar-refractivity contribution >= 4 is 0 Å². The zero-order valence-corrected chi connectivity index (χ0v) is 20.4. The van der Waals surface area contributed by atoms with Gasteiger partial charge in [-0.2, -0.15) is 0 Å². The van der Waals surface area contributed by atoms with Gasteiger partial charge in [-0.15, -0.1) is 18.3 Å². The molecule has 37 heavy (non-hydrogen) atoms. The van der Waals surface area contributed by atoms with Crippen molar-refractivity contribution < 1.29 is 22.6 Å². The number of nitrogens with one attached hydrogen (secondary N) is 2. The quantitative estimate of drug-likeness (QED) is 0.471. The van der Waals surface area contributed by atoms with E-state index >= 15 is 0 Å². The number of tetrazole rings is 1. The molecule has 0 amide bonds. The van der Waals surface area contributed by atoms with Crippen LogP contribution in [0.1, 0.15) is 55.0 Å². The van der Waals surface area contributed by atoms with E-state index in [1.165, 1.54) is 17.7 Å². The lowest BCUT2D eigenvalue weighted by Gasteiger charge is -2.43. The van der Waals surface area contributed by atoms with Crippen LogP contribution in [0.2, 0.25) is 0 Å². The SMILES string of the molecule is Cn1nnnc1[C@@H]1C[C@]2(c3ccccc3)N[C@H]1CC[C@H]2NCc1cc(OC(F)(F)F)ccc1OC1CC1. The van der Waals surface area contributed by atoms with Gasteiger partial charge in [0.05, 0.1) is 11.6 Å². The van der Waals surface area contributed by atoms with Gasteiger partial charge >= 0.3 is 6.36 Å². The Kier molecular flexibility index (Phi) is 6.07. The minimum absolute atomic E-state index is 0.0262. The lowest BCUT2D eigenvalue weighted by Crippen LogP contribution is -2.58. The molecule has 0 radical (unpaired) electrons. The van der Waals surface area contributed by atoms with Crippen LogP contribution in [0, 0.1) is 0 Å². The van der Waals surface area contributed by atoms with Gasteiger partial charge in [0.25, 0.3) is 0 Å². The first-order chi connectivity index (χ1) is 17.8. The highest BCUT2D eigenvalue weighted by Crippen LogP contribution is 2.49. The second-order valence-corrected chi connectivity index (χ2v) is 10.2. The number of hydrogen-bond donors (Lipinski definition) is 2. The summed E-state index contributed by atoms with van der Waals surface area (Å²) in [7, 11) is 1.86. The van der Waals surface area contributed by atoms with E-state index in [0.717, 1.165) is 37.9 Å². The molecule has 0 unspecified atom stereocenters. The molecular formula is C26H29F3N6O2. The summed E-state index contributed by atoms with van der Waals surface area (Å²) in [5.74, 6) is 1.34. The number of alkyl halides is 3. The maximum atomic E-state index is 12.9. The average Bonchev–Trinajstić information content (AvgIpc) is 3.51. The standard InChI is InChI=1S/C26H29F3N6O2/c1-35-24(32-33-34-35)20-14-25(17-5-3-2-4-6-17)23(12-10-21(20)31-25)30-15-16-13-19(37-26(27,28)29)9-11-22(16)36-18-7-8-18/h2-6,9,11,13,18,20-21,23,30-31H,7-8,10,12,14-15H2,1H3/t20-,21+,23-,25-/m1/s1. The number of aromatic nitrogens is 4. The first-order valence-electron chi connectivity index (χ1n) is 12.6. The average molecular weight is 515 g/mol. The molecule has 0 spiro atoms. The molecule has 4 atom stereocenters. The van der Waals surface area contributed by atoms with Crippen LogP contribution in [0.15, 0.2) is 48.5 Å². The maximum Gasteiger partial charge on any atom is 0.573 e. The molecule has 3 aliphatic rings. The third kappa shape index (κ3) is 4.89. The molecule has 2 saturated heterocycles. The molecule has 3 fully saturated rings. The van der Waals surface area contributed by atoms with Gasteiger partial charge in [0.15, 0.2) is 5.82 Å². The fourth-order valence-electron chi connectivity index (χ4n) is 5.93. The normalized spacial score (nSPS) is 27.3. The van der Waals surface area contributed by atoms with E-state index in [1.54, 1.807) is 10.7 Å². The molecule has 196 valence electrons. The van der Waals surface area contributed by atoms with Gasteiger partial charge in [-0.3, -0.25) is 0 Å². The van der Waals surface area contributed by atoms with Gasteiger partial charge in [0, 0.05) is 37.2 Å². The molecule has 2 aliphatic heterocycles. The highest BCUT2D eigenvalue weighted by Gasteiger charge is 2.55. The Balaban J connectivity index is 1.29. The molecule has 1 aliphatic carbocycles. The number of nitrogens with zero attached hydrogens (tertiary/aromatic N) is 4. The summed E-state index contributed by atoms with van der Waals surface area (Å²) in [4.78, 5) is 0. The fourth-order valence-corrected chi connectivity index (χ4v) is 5.93. The Hall–Kier alpha value is -3.18. The predicted molar refractivity (Wildman–Crippen MR) is 128 cm³/mol. The van der Waals surface area contributed by atoms with Crippen LogP contribution in [0.5, 0.6) is 11.5 Å². The first-order valence-corrected chi connectivity index (χ1v) is 12.6. The van der Waals surface area contributed by atoms with Crippen molar-refractivity contribution in [1.29, 1.82) is 0 Å². The molecule has 3 heterocycles. The summed E-state index contributed by atoms with van der Waals surface area (Å²) in [5, 5.41) is 19.8. The molecule has 11 heteroatoms. The van der Waals surface area contributed by atoms with Crippen molar-refractivity contribution in [2.75, 3.05) is 0 Å². The third-order valence-corrected chi connectivity index (χ3v) is 7.73. The van der Waals surface area contributed by atoms with E-state index in [-0.39, 0.29) is 35.4 Å². The summed E-state index contributed by atoms with van der Waals surface area (Å²) >= 11 is 0. The van der Waals surface area contributed by atoms with Crippen LogP contribution in [-0.4, -0.2) is 44.8 Å². The Morgan fingerprint density at radius 3 is 2.62 bits per heavy atom. The Morgan fingerprint density at radius 1 is 1.11 bits per heavy atom. The van der Waals surface area contributed by atoms with E-state index in [0.29, 0.717) is 17.9 Å². The number of halogens is 3. The van der Waals surface area contributed by atoms with Crippen LogP contribution in [-0.2, 0) is 19.1 Å². The van der Waals surface area contributed by atoms with E-state index in [2.05, 4.69) is 43.0 Å². The van der Waals surface area contributed by atoms with E-state index in [9.17, 15) is 13.2 Å². The van der Waals surface area contributed by atoms with Gasteiger partial charge < -0.3 is 20.1 Å². The van der Waals surface area contributed by atoms with Gasteiger partial charge in [-0.05, 0) is 66.3 Å². The third-order valence-electron chi connectivity index (χ3n) is 7.73. The second-order valence-electron chi connectivity index (χ2n) is 10.2. The number of benzene rings is 2. The van der Waals surface area contributed by atoms with Crippen LogP contribution in [0.4, 0.5) is 13.2 Å². The molecule has 2 aromatic carbocycles. The number of ether oxygens (including phenoxy) is 2. The molecule has 1 saturated carbocycles. The molecule has 2 N–H and O–H groups in total. The van der Waals surface area contributed by atoms with Crippen LogP contribution < -0.4 is 20.1 Å². The molecule has 6 rings (SSSR count).